The fraction of sp³-hybridized carbons (Fsp3) is 0.333. The molecule has 2 amide bonds. The number of hydrogen-bond donors (Lipinski definition) is 3. The molecule has 1 aromatic rings. The molecule has 1 saturated heterocycles. The molecule has 1 heterocycles. The summed E-state index contributed by atoms with van der Waals surface area (Å²) in [5.41, 5.74) is 0.133. The second-order valence-corrected chi connectivity index (χ2v) is 4.04. The Hall–Kier alpha value is -2.24. The van der Waals surface area contributed by atoms with Gasteiger partial charge in [-0.15, -0.1) is 0 Å². The summed E-state index contributed by atoms with van der Waals surface area (Å²) in [5.74, 6) is -0.471. The number of phenolic OH excluding ortho intramolecular Hbond substituents is 1. The Balaban J connectivity index is 2.11. The molecule has 96 valence electrons. The molecule has 1 fully saturated rings. The molecule has 1 unspecified atom stereocenters. The quantitative estimate of drug-likeness (QED) is 0.705. The van der Waals surface area contributed by atoms with Crippen molar-refractivity contribution in [3.05, 3.63) is 23.8 Å². The topological polar surface area (TPSA) is 87.7 Å². The van der Waals surface area contributed by atoms with Crippen molar-refractivity contribution >= 4 is 11.8 Å². The standard InChI is InChI=1S/C12H14N2O4/c1-18-9-4-2-3-8(11(9)16)12(17)14-7-5-10(15)13-6-7/h2-4,7,16H,5-6H2,1H3,(H,13,15)(H,14,17). The van der Waals surface area contributed by atoms with Crippen LogP contribution in [0.15, 0.2) is 18.2 Å². The number of para-hydroxylation sites is 1. The molecule has 0 aliphatic carbocycles. The van der Waals surface area contributed by atoms with Gasteiger partial charge in [-0.2, -0.15) is 0 Å². The van der Waals surface area contributed by atoms with Crippen molar-refractivity contribution in [1.82, 2.24) is 10.6 Å². The molecule has 0 spiro atoms. The number of nitrogens with one attached hydrogen (secondary N) is 2. The third kappa shape index (κ3) is 2.37. The Bertz CT molecular complexity index is 487. The Morgan fingerprint density at radius 1 is 1.56 bits per heavy atom. The van der Waals surface area contributed by atoms with E-state index in [1.807, 2.05) is 0 Å². The molecule has 0 aromatic heterocycles. The van der Waals surface area contributed by atoms with Gasteiger partial charge >= 0.3 is 0 Å². The summed E-state index contributed by atoms with van der Waals surface area (Å²) < 4.78 is 4.93. The monoisotopic (exact) mass is 250 g/mol. The number of rotatable bonds is 3. The van der Waals surface area contributed by atoms with E-state index in [0.717, 1.165) is 0 Å². The Kier molecular flexibility index (Phi) is 3.36. The zero-order valence-corrected chi connectivity index (χ0v) is 9.90. The molecule has 1 aliphatic rings. The van der Waals surface area contributed by atoms with Crippen molar-refractivity contribution in [3.8, 4) is 11.5 Å². The van der Waals surface area contributed by atoms with Crippen LogP contribution >= 0.6 is 0 Å². The van der Waals surface area contributed by atoms with Gasteiger partial charge in [0.05, 0.1) is 18.7 Å². The minimum absolute atomic E-state index is 0.0878. The molecule has 1 aliphatic heterocycles. The van der Waals surface area contributed by atoms with E-state index in [9.17, 15) is 14.7 Å². The molecular weight excluding hydrogens is 236 g/mol. The van der Waals surface area contributed by atoms with Crippen LogP contribution in [0.2, 0.25) is 0 Å². The van der Waals surface area contributed by atoms with E-state index in [1.54, 1.807) is 12.1 Å². The van der Waals surface area contributed by atoms with Crippen molar-refractivity contribution < 1.29 is 19.4 Å². The predicted molar refractivity (Wildman–Crippen MR) is 63.5 cm³/mol. The van der Waals surface area contributed by atoms with E-state index in [4.69, 9.17) is 4.74 Å². The number of carbonyl (C=O) groups is 2. The number of benzene rings is 1. The predicted octanol–water partition coefficient (Wildman–Crippen LogP) is 0.0191. The molecule has 0 saturated carbocycles. The fourth-order valence-electron chi connectivity index (χ4n) is 1.84. The van der Waals surface area contributed by atoms with Crippen molar-refractivity contribution in [2.24, 2.45) is 0 Å². The number of methoxy groups -OCH3 is 1. The zero-order valence-electron chi connectivity index (χ0n) is 9.90. The molecule has 18 heavy (non-hydrogen) atoms. The first-order valence-corrected chi connectivity index (χ1v) is 5.55. The zero-order chi connectivity index (χ0) is 13.1. The lowest BCUT2D eigenvalue weighted by atomic mass is 10.1. The van der Waals surface area contributed by atoms with Crippen LogP contribution in [0.3, 0.4) is 0 Å². The van der Waals surface area contributed by atoms with Gasteiger partial charge in [-0.1, -0.05) is 6.07 Å². The maximum absolute atomic E-state index is 11.9. The number of phenols is 1. The van der Waals surface area contributed by atoms with Gasteiger partial charge in [-0.05, 0) is 12.1 Å². The van der Waals surface area contributed by atoms with Gasteiger partial charge in [-0.3, -0.25) is 9.59 Å². The second kappa shape index (κ2) is 4.95. The van der Waals surface area contributed by atoms with Crippen molar-refractivity contribution in [1.29, 1.82) is 0 Å². The van der Waals surface area contributed by atoms with E-state index in [2.05, 4.69) is 10.6 Å². The maximum atomic E-state index is 11.9. The number of carbonyl (C=O) groups excluding carboxylic acids is 2. The smallest absolute Gasteiger partial charge is 0.255 e. The third-order valence-corrected chi connectivity index (χ3v) is 2.78. The second-order valence-electron chi connectivity index (χ2n) is 4.04. The molecule has 2 rings (SSSR count). The first-order chi connectivity index (χ1) is 8.61. The molecule has 0 radical (unpaired) electrons. The van der Waals surface area contributed by atoms with E-state index >= 15 is 0 Å². The van der Waals surface area contributed by atoms with Gasteiger partial charge < -0.3 is 20.5 Å². The summed E-state index contributed by atoms with van der Waals surface area (Å²) >= 11 is 0. The Labute approximate surface area is 104 Å². The maximum Gasteiger partial charge on any atom is 0.255 e. The minimum Gasteiger partial charge on any atom is -0.504 e. The number of amides is 2. The van der Waals surface area contributed by atoms with Crippen LogP contribution in [0.5, 0.6) is 11.5 Å². The number of ether oxygens (including phenoxy) is 1. The molecule has 0 bridgehead atoms. The average molecular weight is 250 g/mol. The van der Waals surface area contributed by atoms with Gasteiger partial charge in [-0.25, -0.2) is 0 Å². The van der Waals surface area contributed by atoms with Crippen LogP contribution < -0.4 is 15.4 Å². The van der Waals surface area contributed by atoms with Gasteiger partial charge in [0.2, 0.25) is 5.91 Å². The first-order valence-electron chi connectivity index (χ1n) is 5.55. The fourth-order valence-corrected chi connectivity index (χ4v) is 1.84. The highest BCUT2D eigenvalue weighted by Gasteiger charge is 2.24. The summed E-state index contributed by atoms with van der Waals surface area (Å²) in [7, 11) is 1.41. The Morgan fingerprint density at radius 3 is 2.94 bits per heavy atom. The lowest BCUT2D eigenvalue weighted by Gasteiger charge is -2.12. The van der Waals surface area contributed by atoms with Gasteiger partial charge in [0, 0.05) is 13.0 Å². The van der Waals surface area contributed by atoms with E-state index in [0.29, 0.717) is 6.54 Å². The lowest BCUT2D eigenvalue weighted by Crippen LogP contribution is -2.36. The highest BCUT2D eigenvalue weighted by Crippen LogP contribution is 2.29. The molecular formula is C12H14N2O4. The molecule has 6 heteroatoms. The minimum atomic E-state index is -0.423. The van der Waals surface area contributed by atoms with Crippen molar-refractivity contribution in [2.75, 3.05) is 13.7 Å². The summed E-state index contributed by atoms with van der Waals surface area (Å²) in [6.07, 6.45) is 0.260. The van der Waals surface area contributed by atoms with Crippen molar-refractivity contribution in [2.45, 2.75) is 12.5 Å². The summed E-state index contributed by atoms with van der Waals surface area (Å²) in [4.78, 5) is 22.9. The van der Waals surface area contributed by atoms with Crippen LogP contribution in [0, 0.1) is 0 Å². The van der Waals surface area contributed by atoms with Crippen molar-refractivity contribution in [3.63, 3.8) is 0 Å². The highest BCUT2D eigenvalue weighted by atomic mass is 16.5. The molecule has 3 N–H and O–H groups in total. The highest BCUT2D eigenvalue weighted by molar-refractivity contribution is 5.98. The van der Waals surface area contributed by atoms with Crippen LogP contribution in [0.4, 0.5) is 0 Å². The lowest BCUT2D eigenvalue weighted by molar-refractivity contribution is -0.119. The number of hydrogen-bond acceptors (Lipinski definition) is 4. The Morgan fingerprint density at radius 2 is 2.33 bits per heavy atom. The SMILES string of the molecule is COc1cccc(C(=O)NC2CNC(=O)C2)c1O. The van der Waals surface area contributed by atoms with Crippen LogP contribution in [-0.4, -0.2) is 36.6 Å². The third-order valence-electron chi connectivity index (χ3n) is 2.78. The van der Waals surface area contributed by atoms with Gasteiger partial charge in [0.25, 0.3) is 5.91 Å². The van der Waals surface area contributed by atoms with Crippen LogP contribution in [0.1, 0.15) is 16.8 Å². The first kappa shape index (κ1) is 12.2. The summed E-state index contributed by atoms with van der Waals surface area (Å²) in [6, 6.07) is 4.44. The van der Waals surface area contributed by atoms with E-state index in [1.165, 1.54) is 13.2 Å². The summed E-state index contributed by atoms with van der Waals surface area (Å²) in [5, 5.41) is 15.1. The normalized spacial score (nSPS) is 18.3. The molecule has 1 atom stereocenters. The largest absolute Gasteiger partial charge is 0.504 e. The van der Waals surface area contributed by atoms with Gasteiger partial charge in [0.15, 0.2) is 11.5 Å². The van der Waals surface area contributed by atoms with Crippen LogP contribution in [-0.2, 0) is 4.79 Å². The van der Waals surface area contributed by atoms with E-state index < -0.39 is 5.91 Å². The van der Waals surface area contributed by atoms with Crippen LogP contribution in [0.25, 0.3) is 0 Å². The summed E-state index contributed by atoms with van der Waals surface area (Å²) in [6.45, 7) is 0.412. The molecule has 1 aromatic carbocycles. The van der Waals surface area contributed by atoms with E-state index in [-0.39, 0.29) is 35.4 Å². The van der Waals surface area contributed by atoms with Gasteiger partial charge in [0.1, 0.15) is 0 Å². The number of aromatic hydroxyl groups is 1. The molecule has 6 nitrogen and oxygen atoms in total. The average Bonchev–Trinajstić information content (AvgIpc) is 2.75.